The molecule has 3 aromatic rings. The molecular weight excluding hydrogens is 304 g/mol. The number of amides is 1. The number of rotatable bonds is 3. The summed E-state index contributed by atoms with van der Waals surface area (Å²) in [6.07, 6.45) is 0. The van der Waals surface area contributed by atoms with Crippen LogP contribution in [0.25, 0.3) is 10.2 Å². The molecule has 0 N–H and O–H groups in total. The largest absolute Gasteiger partial charge is 0.333 e. The molecule has 118 valence electrons. The molecule has 0 aliphatic rings. The summed E-state index contributed by atoms with van der Waals surface area (Å²) >= 11 is 1.65. The van der Waals surface area contributed by atoms with E-state index in [0.717, 1.165) is 31.9 Å². The van der Waals surface area contributed by atoms with Gasteiger partial charge in [-0.25, -0.2) is 4.98 Å². The van der Waals surface area contributed by atoms with Crippen LogP contribution in [0, 0.1) is 13.8 Å². The molecule has 1 heterocycles. The molecule has 0 aliphatic heterocycles. The molecule has 1 amide bonds. The van der Waals surface area contributed by atoms with Crippen molar-refractivity contribution >= 4 is 27.5 Å². The fourth-order valence-electron chi connectivity index (χ4n) is 2.57. The van der Waals surface area contributed by atoms with Gasteiger partial charge < -0.3 is 4.90 Å². The number of carbonyl (C=O) groups excluding carboxylic acids is 1. The highest BCUT2D eigenvalue weighted by Gasteiger charge is 2.22. The zero-order valence-corrected chi connectivity index (χ0v) is 14.6. The van der Waals surface area contributed by atoms with Crippen LogP contribution in [0.15, 0.2) is 42.5 Å². The Balaban J connectivity index is 1.90. The van der Waals surface area contributed by atoms with Gasteiger partial charge in [0.25, 0.3) is 5.91 Å². The molecular formula is C19H20N2OS. The predicted molar refractivity (Wildman–Crippen MR) is 96.0 cm³/mol. The van der Waals surface area contributed by atoms with E-state index in [4.69, 9.17) is 0 Å². The first kappa shape index (κ1) is 15.7. The van der Waals surface area contributed by atoms with Gasteiger partial charge in [0.1, 0.15) is 5.01 Å². The van der Waals surface area contributed by atoms with Crippen molar-refractivity contribution in [1.82, 2.24) is 9.88 Å². The summed E-state index contributed by atoms with van der Waals surface area (Å²) in [5, 5.41) is 0.965. The number of aryl methyl sites for hydroxylation is 2. The molecule has 0 saturated heterocycles. The van der Waals surface area contributed by atoms with Crippen LogP contribution in [0.5, 0.6) is 0 Å². The molecule has 2 aromatic carbocycles. The Kier molecular flexibility index (Phi) is 4.18. The van der Waals surface area contributed by atoms with Crippen LogP contribution < -0.4 is 0 Å². The van der Waals surface area contributed by atoms with Crippen molar-refractivity contribution in [2.24, 2.45) is 0 Å². The molecule has 1 aromatic heterocycles. The fourth-order valence-corrected chi connectivity index (χ4v) is 3.63. The van der Waals surface area contributed by atoms with E-state index in [2.05, 4.69) is 11.1 Å². The van der Waals surface area contributed by atoms with Crippen LogP contribution in [0.3, 0.4) is 0 Å². The molecule has 23 heavy (non-hydrogen) atoms. The Morgan fingerprint density at radius 3 is 2.65 bits per heavy atom. The first-order valence-electron chi connectivity index (χ1n) is 7.67. The van der Waals surface area contributed by atoms with Crippen molar-refractivity contribution in [2.45, 2.75) is 26.8 Å². The summed E-state index contributed by atoms with van der Waals surface area (Å²) in [6, 6.07) is 14.0. The Bertz CT molecular complexity index is 836. The van der Waals surface area contributed by atoms with Crippen molar-refractivity contribution in [1.29, 1.82) is 0 Å². The molecule has 0 aliphatic carbocycles. The molecule has 0 bridgehead atoms. The lowest BCUT2D eigenvalue weighted by molar-refractivity contribution is 0.0741. The van der Waals surface area contributed by atoms with Crippen LogP contribution in [-0.2, 0) is 0 Å². The van der Waals surface area contributed by atoms with Gasteiger partial charge in [0.15, 0.2) is 0 Å². The van der Waals surface area contributed by atoms with Crippen LogP contribution in [0.2, 0.25) is 0 Å². The second-order valence-corrected chi connectivity index (χ2v) is 6.99. The predicted octanol–water partition coefficient (Wildman–Crippen LogP) is 4.75. The minimum Gasteiger partial charge on any atom is -0.333 e. The average molecular weight is 324 g/mol. The maximum Gasteiger partial charge on any atom is 0.254 e. The van der Waals surface area contributed by atoms with Gasteiger partial charge in [0.2, 0.25) is 0 Å². The third-order valence-electron chi connectivity index (χ3n) is 4.19. The number of nitrogens with zero attached hydrogens (tertiary/aromatic N) is 2. The van der Waals surface area contributed by atoms with Crippen molar-refractivity contribution in [3.05, 3.63) is 64.2 Å². The smallest absolute Gasteiger partial charge is 0.254 e. The van der Waals surface area contributed by atoms with E-state index in [1.165, 1.54) is 0 Å². The van der Waals surface area contributed by atoms with E-state index >= 15 is 0 Å². The number of fused-ring (bicyclic) bond motifs is 1. The third kappa shape index (κ3) is 2.99. The number of hydrogen-bond donors (Lipinski definition) is 0. The zero-order chi connectivity index (χ0) is 16.6. The highest BCUT2D eigenvalue weighted by molar-refractivity contribution is 7.18. The molecule has 0 radical (unpaired) electrons. The normalized spacial score (nSPS) is 12.3. The summed E-state index contributed by atoms with van der Waals surface area (Å²) in [5.41, 5.74) is 3.86. The monoisotopic (exact) mass is 324 g/mol. The number of para-hydroxylation sites is 1. The molecule has 4 heteroatoms. The molecule has 3 rings (SSSR count). The van der Waals surface area contributed by atoms with E-state index in [1.54, 1.807) is 16.2 Å². The quantitative estimate of drug-likeness (QED) is 0.697. The van der Waals surface area contributed by atoms with Gasteiger partial charge in [0, 0.05) is 12.6 Å². The Morgan fingerprint density at radius 2 is 1.91 bits per heavy atom. The Labute approximate surface area is 140 Å². The molecule has 0 fully saturated rings. The van der Waals surface area contributed by atoms with Crippen LogP contribution in [0.4, 0.5) is 0 Å². The number of carbonyl (C=O) groups is 1. The lowest BCUT2D eigenvalue weighted by atomic mass is 10.0. The summed E-state index contributed by atoms with van der Waals surface area (Å²) in [5.74, 6) is 0.0398. The van der Waals surface area contributed by atoms with Crippen molar-refractivity contribution in [3.63, 3.8) is 0 Å². The van der Waals surface area contributed by atoms with Crippen LogP contribution in [-0.4, -0.2) is 22.8 Å². The number of hydrogen-bond acceptors (Lipinski definition) is 3. The van der Waals surface area contributed by atoms with E-state index in [0.29, 0.717) is 0 Å². The number of thiazole rings is 1. The van der Waals surface area contributed by atoms with Gasteiger partial charge >= 0.3 is 0 Å². The minimum absolute atomic E-state index is 0.0398. The van der Waals surface area contributed by atoms with Gasteiger partial charge in [-0.1, -0.05) is 29.8 Å². The summed E-state index contributed by atoms with van der Waals surface area (Å²) in [7, 11) is 1.85. The summed E-state index contributed by atoms with van der Waals surface area (Å²) in [6.45, 7) is 6.01. The highest BCUT2D eigenvalue weighted by atomic mass is 32.1. The maximum absolute atomic E-state index is 12.9. The van der Waals surface area contributed by atoms with Gasteiger partial charge in [-0.2, -0.15) is 0 Å². The topological polar surface area (TPSA) is 33.2 Å². The minimum atomic E-state index is -0.0557. The average Bonchev–Trinajstić information content (AvgIpc) is 2.99. The van der Waals surface area contributed by atoms with Gasteiger partial charge in [0.05, 0.1) is 16.3 Å². The number of aromatic nitrogens is 1. The van der Waals surface area contributed by atoms with Gasteiger partial charge in [-0.05, 0) is 44.5 Å². The Hall–Kier alpha value is -2.20. The van der Waals surface area contributed by atoms with E-state index in [-0.39, 0.29) is 11.9 Å². The summed E-state index contributed by atoms with van der Waals surface area (Å²) in [4.78, 5) is 19.3. The van der Waals surface area contributed by atoms with Crippen molar-refractivity contribution in [2.75, 3.05) is 7.05 Å². The van der Waals surface area contributed by atoms with Crippen molar-refractivity contribution < 1.29 is 4.79 Å². The molecule has 1 unspecified atom stereocenters. The van der Waals surface area contributed by atoms with E-state index in [9.17, 15) is 4.79 Å². The van der Waals surface area contributed by atoms with Crippen LogP contribution in [0.1, 0.15) is 39.5 Å². The maximum atomic E-state index is 12.9. The number of benzene rings is 2. The zero-order valence-electron chi connectivity index (χ0n) is 13.8. The van der Waals surface area contributed by atoms with Gasteiger partial charge in [-0.3, -0.25) is 4.79 Å². The first-order valence-corrected chi connectivity index (χ1v) is 8.49. The second-order valence-electron chi connectivity index (χ2n) is 5.93. The lowest BCUT2D eigenvalue weighted by Crippen LogP contribution is -2.30. The summed E-state index contributed by atoms with van der Waals surface area (Å²) < 4.78 is 1.15. The SMILES string of the molecule is Cc1ccc(C)c(C(=O)N(C)C(C)c2nc3ccccc3s2)c1. The highest BCUT2D eigenvalue weighted by Crippen LogP contribution is 2.29. The molecule has 0 spiro atoms. The first-order chi connectivity index (χ1) is 11.0. The van der Waals surface area contributed by atoms with E-state index in [1.807, 2.05) is 64.2 Å². The third-order valence-corrected chi connectivity index (χ3v) is 5.40. The molecule has 0 saturated carbocycles. The van der Waals surface area contributed by atoms with E-state index < -0.39 is 0 Å². The lowest BCUT2D eigenvalue weighted by Gasteiger charge is -2.24. The van der Waals surface area contributed by atoms with Crippen LogP contribution >= 0.6 is 11.3 Å². The second kappa shape index (κ2) is 6.13. The van der Waals surface area contributed by atoms with Crippen molar-refractivity contribution in [3.8, 4) is 0 Å². The molecule has 1 atom stereocenters. The van der Waals surface area contributed by atoms with Gasteiger partial charge in [-0.15, -0.1) is 11.3 Å². The fraction of sp³-hybridized carbons (Fsp3) is 0.263. The molecule has 3 nitrogen and oxygen atoms in total. The standard InChI is InChI=1S/C19H20N2OS/c1-12-9-10-13(2)15(11-12)19(22)21(4)14(3)18-20-16-7-5-6-8-17(16)23-18/h5-11,14H,1-4H3. The Morgan fingerprint density at radius 1 is 1.17 bits per heavy atom.